The molecule has 0 saturated carbocycles. The number of carboxylic acid groups (broad SMARTS) is 1. The van der Waals surface area contributed by atoms with Crippen molar-refractivity contribution in [2.24, 2.45) is 0 Å². The molecular weight excluding hydrogens is 739 g/mol. The minimum absolute atomic E-state index is 0.0555. The Balaban J connectivity index is 4.25. The number of carbonyl (C=O) groups is 3. The number of allylic oxidation sites excluding steroid dienone is 10. The highest BCUT2D eigenvalue weighted by Gasteiger charge is 2.31. The van der Waals surface area contributed by atoms with Crippen LogP contribution in [0.5, 0.6) is 0 Å². The van der Waals surface area contributed by atoms with Gasteiger partial charge in [-0.15, -0.1) is 0 Å². The molecule has 0 aromatic carbocycles. The molecule has 8 nitrogen and oxygen atoms in total. The Labute approximate surface area is 362 Å². The first-order chi connectivity index (χ1) is 28.6. The van der Waals surface area contributed by atoms with Gasteiger partial charge < -0.3 is 23.8 Å². The van der Waals surface area contributed by atoms with Crippen molar-refractivity contribution in [2.45, 2.75) is 206 Å². The quantitative estimate of drug-likeness (QED) is 0.0283. The normalized spacial score (nSPS) is 13.4. The van der Waals surface area contributed by atoms with Crippen LogP contribution in [0.3, 0.4) is 0 Å². The molecular formula is C51H90NO7+. The van der Waals surface area contributed by atoms with Gasteiger partial charge in [0, 0.05) is 19.3 Å². The Morgan fingerprint density at radius 2 is 0.949 bits per heavy atom. The van der Waals surface area contributed by atoms with Crippen LogP contribution in [0.4, 0.5) is 0 Å². The molecule has 340 valence electrons. The van der Waals surface area contributed by atoms with Gasteiger partial charge >= 0.3 is 17.9 Å². The summed E-state index contributed by atoms with van der Waals surface area (Å²) in [6, 6.07) is -0.618. The molecule has 0 heterocycles. The van der Waals surface area contributed by atoms with Gasteiger partial charge in [-0.1, -0.05) is 158 Å². The molecule has 2 unspecified atom stereocenters. The summed E-state index contributed by atoms with van der Waals surface area (Å²) >= 11 is 0. The van der Waals surface area contributed by atoms with Crippen molar-refractivity contribution < 1.29 is 38.2 Å². The van der Waals surface area contributed by atoms with Crippen LogP contribution in [-0.2, 0) is 28.6 Å². The van der Waals surface area contributed by atoms with Gasteiger partial charge in [-0.05, 0) is 77.0 Å². The lowest BCUT2D eigenvalue weighted by Gasteiger charge is -2.31. The number of carbonyl (C=O) groups excluding carboxylic acids is 2. The first-order valence-corrected chi connectivity index (χ1v) is 23.8. The molecule has 0 aromatic heterocycles. The second-order valence-electron chi connectivity index (χ2n) is 17.0. The van der Waals surface area contributed by atoms with Gasteiger partial charge in [-0.2, -0.15) is 0 Å². The Hall–Kier alpha value is -2.97. The van der Waals surface area contributed by atoms with E-state index in [9.17, 15) is 19.5 Å². The second kappa shape index (κ2) is 41.8. The summed E-state index contributed by atoms with van der Waals surface area (Å²) in [5.41, 5.74) is 0. The zero-order chi connectivity index (χ0) is 43.5. The van der Waals surface area contributed by atoms with Crippen molar-refractivity contribution in [3.8, 4) is 0 Å². The second-order valence-corrected chi connectivity index (χ2v) is 17.0. The predicted molar refractivity (Wildman–Crippen MR) is 247 cm³/mol. The molecule has 0 radical (unpaired) electrons. The molecule has 0 aliphatic heterocycles. The molecule has 0 aliphatic carbocycles. The van der Waals surface area contributed by atoms with Crippen molar-refractivity contribution in [3.63, 3.8) is 0 Å². The van der Waals surface area contributed by atoms with Crippen molar-refractivity contribution >= 4 is 17.9 Å². The highest BCUT2D eigenvalue weighted by molar-refractivity contribution is 5.72. The van der Waals surface area contributed by atoms with Crippen LogP contribution < -0.4 is 0 Å². The molecule has 0 aliphatic rings. The zero-order valence-electron chi connectivity index (χ0n) is 38.7. The maximum atomic E-state index is 12.8. The lowest BCUT2D eigenvalue weighted by atomic mass is 10.0. The minimum atomic E-state index is -0.878. The number of hydrogen-bond donors (Lipinski definition) is 1. The standard InChI is InChI=1S/C51H89NO7/c1-6-8-10-12-14-16-18-20-21-22-23-24-25-26-27-28-29-30-32-34-36-38-40-42-50(54)59-47(45-57-44-43-48(51(55)56)52(3,4)5)46-58-49(53)41-39-37-35-33-31-19-17-15-13-11-9-7-2/h8,10,14-17,20-21,23-24,47-48H,6-7,9,11-13,18-19,22,25-46H2,1-5H3/p+1/b10-8-,16-14-,17-15-,21-20-,24-23-. The Morgan fingerprint density at radius 3 is 1.42 bits per heavy atom. The number of ether oxygens (including phenoxy) is 3. The number of esters is 2. The number of carboxylic acids is 1. The summed E-state index contributed by atoms with van der Waals surface area (Å²) < 4.78 is 17.3. The SMILES string of the molecule is CC/C=C\C/C=C\C/C=C\C/C=C\CCCCCCCCCCCCC(=O)OC(COCCC(C(=O)O)[N+](C)(C)C)COC(=O)CCCCCCC/C=C\CCCCC. The maximum Gasteiger partial charge on any atom is 0.362 e. The fraction of sp³-hybridized carbons (Fsp3) is 0.745. The fourth-order valence-corrected chi connectivity index (χ4v) is 6.72. The van der Waals surface area contributed by atoms with E-state index in [1.807, 2.05) is 21.1 Å². The molecule has 0 rings (SSSR count). The molecule has 59 heavy (non-hydrogen) atoms. The van der Waals surface area contributed by atoms with E-state index < -0.39 is 18.1 Å². The van der Waals surface area contributed by atoms with Crippen LogP contribution in [-0.4, -0.2) is 80.6 Å². The number of unbranched alkanes of at least 4 members (excludes halogenated alkanes) is 18. The Kier molecular flexibility index (Phi) is 39.6. The van der Waals surface area contributed by atoms with Crippen LogP contribution in [0.2, 0.25) is 0 Å². The predicted octanol–water partition coefficient (Wildman–Crippen LogP) is 13.4. The van der Waals surface area contributed by atoms with E-state index in [1.54, 1.807) is 0 Å². The number of hydrogen-bond acceptors (Lipinski definition) is 6. The smallest absolute Gasteiger partial charge is 0.362 e. The molecule has 0 saturated heterocycles. The lowest BCUT2D eigenvalue weighted by Crippen LogP contribution is -2.50. The van der Waals surface area contributed by atoms with E-state index in [1.165, 1.54) is 83.5 Å². The third-order valence-corrected chi connectivity index (χ3v) is 10.4. The Bertz CT molecular complexity index is 1150. The minimum Gasteiger partial charge on any atom is -0.477 e. The number of nitrogens with zero attached hydrogens (tertiary/aromatic N) is 1. The fourth-order valence-electron chi connectivity index (χ4n) is 6.72. The van der Waals surface area contributed by atoms with E-state index in [4.69, 9.17) is 14.2 Å². The van der Waals surface area contributed by atoms with Crippen LogP contribution in [0.1, 0.15) is 194 Å². The topological polar surface area (TPSA) is 99.1 Å². The molecule has 0 bridgehead atoms. The lowest BCUT2D eigenvalue weighted by molar-refractivity contribution is -0.887. The first-order valence-electron chi connectivity index (χ1n) is 23.8. The highest BCUT2D eigenvalue weighted by atomic mass is 16.6. The van der Waals surface area contributed by atoms with Crippen molar-refractivity contribution in [2.75, 3.05) is 41.0 Å². The van der Waals surface area contributed by atoms with Gasteiger partial charge in [0.05, 0.1) is 34.4 Å². The number of quaternary nitrogens is 1. The Morgan fingerprint density at radius 1 is 0.525 bits per heavy atom. The monoisotopic (exact) mass is 829 g/mol. The molecule has 8 heteroatoms. The van der Waals surface area contributed by atoms with Crippen molar-refractivity contribution in [3.05, 3.63) is 60.8 Å². The van der Waals surface area contributed by atoms with Gasteiger partial charge in [0.2, 0.25) is 0 Å². The van der Waals surface area contributed by atoms with E-state index >= 15 is 0 Å². The maximum absolute atomic E-state index is 12.8. The van der Waals surface area contributed by atoms with Crippen molar-refractivity contribution in [1.29, 1.82) is 0 Å². The first kappa shape index (κ1) is 56.0. The van der Waals surface area contributed by atoms with Gasteiger partial charge in [0.25, 0.3) is 0 Å². The highest BCUT2D eigenvalue weighted by Crippen LogP contribution is 2.14. The van der Waals surface area contributed by atoms with Crippen LogP contribution >= 0.6 is 0 Å². The van der Waals surface area contributed by atoms with E-state index in [-0.39, 0.29) is 36.2 Å². The largest absolute Gasteiger partial charge is 0.477 e. The third kappa shape index (κ3) is 40.2. The van der Waals surface area contributed by atoms with Crippen LogP contribution in [0.15, 0.2) is 60.8 Å². The van der Waals surface area contributed by atoms with Gasteiger partial charge in [0.1, 0.15) is 6.61 Å². The molecule has 1 N–H and O–H groups in total. The summed E-state index contributed by atoms with van der Waals surface area (Å²) in [7, 11) is 5.52. The van der Waals surface area contributed by atoms with Crippen molar-refractivity contribution in [1.82, 2.24) is 0 Å². The molecule has 0 spiro atoms. The number of rotatable bonds is 42. The van der Waals surface area contributed by atoms with E-state index in [0.717, 1.165) is 77.0 Å². The molecule has 0 amide bonds. The van der Waals surface area contributed by atoms with E-state index in [2.05, 4.69) is 74.6 Å². The third-order valence-electron chi connectivity index (χ3n) is 10.4. The summed E-state index contributed by atoms with van der Waals surface area (Å²) in [5, 5.41) is 9.63. The van der Waals surface area contributed by atoms with E-state index in [0.29, 0.717) is 19.3 Å². The summed E-state index contributed by atoms with van der Waals surface area (Å²) in [6.45, 7) is 4.59. The average Bonchev–Trinajstić information content (AvgIpc) is 3.19. The molecule has 0 aromatic rings. The van der Waals surface area contributed by atoms with Gasteiger partial charge in [0.15, 0.2) is 12.1 Å². The number of aliphatic carboxylic acids is 1. The zero-order valence-corrected chi connectivity index (χ0v) is 38.7. The summed E-state index contributed by atoms with van der Waals surface area (Å²) in [4.78, 5) is 37.0. The van der Waals surface area contributed by atoms with Gasteiger partial charge in [-0.3, -0.25) is 9.59 Å². The van der Waals surface area contributed by atoms with Gasteiger partial charge in [-0.25, -0.2) is 4.79 Å². The molecule has 2 atom stereocenters. The summed E-state index contributed by atoms with van der Waals surface area (Å²) in [6.07, 6.45) is 51.2. The van der Waals surface area contributed by atoms with Crippen LogP contribution in [0.25, 0.3) is 0 Å². The average molecular weight is 829 g/mol. The molecule has 0 fully saturated rings. The summed E-state index contributed by atoms with van der Waals surface area (Å²) in [5.74, 6) is -1.48. The van der Waals surface area contributed by atoms with Crippen LogP contribution in [0, 0.1) is 0 Å². The number of likely N-dealkylation sites (N-methyl/N-ethyl adjacent to an activating group) is 1.